The van der Waals surface area contributed by atoms with Crippen LogP contribution in [0.5, 0.6) is 0 Å². The molecule has 0 radical (unpaired) electrons. The van der Waals surface area contributed by atoms with E-state index in [1.54, 1.807) is 0 Å². The monoisotopic (exact) mass is 331 g/mol. The Labute approximate surface area is 149 Å². The summed E-state index contributed by atoms with van der Waals surface area (Å²) in [6.07, 6.45) is 5.40. The van der Waals surface area contributed by atoms with E-state index >= 15 is 0 Å². The minimum atomic E-state index is -0.0167. The number of fused-ring (bicyclic) bond motifs is 1. The van der Waals surface area contributed by atoms with E-state index in [0.717, 1.165) is 23.0 Å². The molecule has 4 rings (SSSR count). The molecule has 0 amide bonds. The van der Waals surface area contributed by atoms with Crippen molar-refractivity contribution in [2.45, 2.75) is 45.1 Å². The van der Waals surface area contributed by atoms with Gasteiger partial charge in [-0.1, -0.05) is 38.1 Å². The molecule has 1 saturated carbocycles. The molecule has 128 valence electrons. The van der Waals surface area contributed by atoms with Gasteiger partial charge in [-0.25, -0.2) is 0 Å². The average molecular weight is 331 g/mol. The molecule has 25 heavy (non-hydrogen) atoms. The molecule has 0 aliphatic heterocycles. The highest BCUT2D eigenvalue weighted by atomic mass is 14.8. The third kappa shape index (κ3) is 3.42. The van der Waals surface area contributed by atoms with E-state index in [2.05, 4.69) is 61.3 Å². The lowest BCUT2D eigenvalue weighted by molar-refractivity contribution is 0.503. The highest BCUT2D eigenvalue weighted by Gasteiger charge is 2.25. The number of nitrogens with two attached hydrogens (primary N) is 1. The van der Waals surface area contributed by atoms with Crippen LogP contribution >= 0.6 is 0 Å². The first-order chi connectivity index (χ1) is 12.1. The maximum absolute atomic E-state index is 6.38. The summed E-state index contributed by atoms with van der Waals surface area (Å²) in [6.45, 7) is 4.39. The summed E-state index contributed by atoms with van der Waals surface area (Å²) >= 11 is 0. The van der Waals surface area contributed by atoms with Gasteiger partial charge in [0.05, 0.1) is 11.2 Å². The quantitative estimate of drug-likeness (QED) is 0.697. The van der Waals surface area contributed by atoms with Crippen molar-refractivity contribution in [3.05, 3.63) is 60.0 Å². The molecule has 2 heterocycles. The van der Waals surface area contributed by atoms with Crippen molar-refractivity contribution in [1.82, 2.24) is 9.97 Å². The molecule has 1 atom stereocenters. The van der Waals surface area contributed by atoms with Crippen LogP contribution in [0.2, 0.25) is 0 Å². The topological polar surface area (TPSA) is 51.8 Å². The molecule has 1 fully saturated rings. The minimum absolute atomic E-state index is 0.0167. The van der Waals surface area contributed by atoms with Crippen LogP contribution < -0.4 is 5.73 Å². The molecule has 1 aliphatic carbocycles. The summed E-state index contributed by atoms with van der Waals surface area (Å²) in [7, 11) is 0. The molecular formula is C22H25N3. The van der Waals surface area contributed by atoms with Gasteiger partial charge in [0.2, 0.25) is 0 Å². The maximum atomic E-state index is 6.38. The number of rotatable bonds is 5. The molecule has 3 aromatic rings. The van der Waals surface area contributed by atoms with Crippen LogP contribution in [-0.2, 0) is 0 Å². The zero-order valence-electron chi connectivity index (χ0n) is 14.9. The molecule has 3 nitrogen and oxygen atoms in total. The Balaban J connectivity index is 1.79. The van der Waals surface area contributed by atoms with Crippen molar-refractivity contribution in [2.24, 2.45) is 11.7 Å². The lowest BCUT2D eigenvalue weighted by Crippen LogP contribution is -2.14. The highest BCUT2D eigenvalue weighted by Crippen LogP contribution is 2.40. The Morgan fingerprint density at radius 1 is 1.12 bits per heavy atom. The zero-order chi connectivity index (χ0) is 17.4. The van der Waals surface area contributed by atoms with Crippen molar-refractivity contribution >= 4 is 10.9 Å². The molecule has 0 saturated heterocycles. The molecule has 0 spiro atoms. The van der Waals surface area contributed by atoms with E-state index < -0.39 is 0 Å². The van der Waals surface area contributed by atoms with E-state index in [-0.39, 0.29) is 6.04 Å². The fourth-order valence-corrected chi connectivity index (χ4v) is 3.45. The number of pyridine rings is 2. The number of nitrogens with zero attached hydrogens (tertiary/aromatic N) is 2. The summed E-state index contributed by atoms with van der Waals surface area (Å²) in [4.78, 5) is 9.49. The minimum Gasteiger partial charge on any atom is -0.323 e. The summed E-state index contributed by atoms with van der Waals surface area (Å²) < 4.78 is 0. The maximum Gasteiger partial charge on any atom is 0.0784 e. The zero-order valence-corrected chi connectivity index (χ0v) is 14.9. The van der Waals surface area contributed by atoms with Gasteiger partial charge in [-0.05, 0) is 48.9 Å². The van der Waals surface area contributed by atoms with Gasteiger partial charge in [0, 0.05) is 34.8 Å². The van der Waals surface area contributed by atoms with Gasteiger partial charge in [0.25, 0.3) is 0 Å². The van der Waals surface area contributed by atoms with E-state index in [0.29, 0.717) is 11.8 Å². The van der Waals surface area contributed by atoms with Gasteiger partial charge >= 0.3 is 0 Å². The number of benzene rings is 1. The third-order valence-corrected chi connectivity index (χ3v) is 4.93. The Morgan fingerprint density at radius 2 is 1.96 bits per heavy atom. The number of para-hydroxylation sites is 1. The summed E-state index contributed by atoms with van der Waals surface area (Å²) in [5.41, 5.74) is 12.0. The van der Waals surface area contributed by atoms with Gasteiger partial charge in [0.15, 0.2) is 0 Å². The van der Waals surface area contributed by atoms with Crippen LogP contribution in [0.1, 0.15) is 56.5 Å². The SMILES string of the molecule is CC(C)CC(N)c1ccc2cccc(-c3ccnc(C4CC4)c3)c2n1. The van der Waals surface area contributed by atoms with E-state index in [1.807, 2.05) is 6.20 Å². The van der Waals surface area contributed by atoms with Crippen LogP contribution in [0.4, 0.5) is 0 Å². The van der Waals surface area contributed by atoms with Gasteiger partial charge in [-0.15, -0.1) is 0 Å². The molecule has 2 aromatic heterocycles. The molecule has 1 aromatic carbocycles. The van der Waals surface area contributed by atoms with E-state index in [9.17, 15) is 0 Å². The summed E-state index contributed by atoms with van der Waals surface area (Å²) in [6, 6.07) is 14.9. The highest BCUT2D eigenvalue weighted by molar-refractivity contribution is 5.93. The molecule has 0 bridgehead atoms. The summed E-state index contributed by atoms with van der Waals surface area (Å²) in [5.74, 6) is 1.21. The normalized spacial score (nSPS) is 15.7. The van der Waals surface area contributed by atoms with Crippen LogP contribution in [0.3, 0.4) is 0 Å². The molecule has 3 heteroatoms. The summed E-state index contributed by atoms with van der Waals surface area (Å²) in [5, 5.41) is 1.16. The average Bonchev–Trinajstić information content (AvgIpc) is 3.45. The van der Waals surface area contributed by atoms with Crippen LogP contribution in [0.15, 0.2) is 48.7 Å². The first-order valence-electron chi connectivity index (χ1n) is 9.23. The predicted molar refractivity (Wildman–Crippen MR) is 103 cm³/mol. The first-order valence-corrected chi connectivity index (χ1v) is 9.23. The Hall–Kier alpha value is -2.26. The number of hydrogen-bond acceptors (Lipinski definition) is 3. The smallest absolute Gasteiger partial charge is 0.0784 e. The fourth-order valence-electron chi connectivity index (χ4n) is 3.45. The van der Waals surface area contributed by atoms with Crippen LogP contribution in [-0.4, -0.2) is 9.97 Å². The second-order valence-corrected chi connectivity index (χ2v) is 7.59. The first kappa shape index (κ1) is 16.2. The van der Waals surface area contributed by atoms with E-state index in [1.165, 1.54) is 29.7 Å². The second-order valence-electron chi connectivity index (χ2n) is 7.59. The largest absolute Gasteiger partial charge is 0.323 e. The number of aromatic nitrogens is 2. The van der Waals surface area contributed by atoms with Crippen molar-refractivity contribution in [3.8, 4) is 11.1 Å². The van der Waals surface area contributed by atoms with Gasteiger partial charge in [0.1, 0.15) is 0 Å². The Bertz CT molecular complexity index is 897. The lowest BCUT2D eigenvalue weighted by Gasteiger charge is -2.15. The second kappa shape index (κ2) is 6.57. The Kier molecular flexibility index (Phi) is 4.26. The predicted octanol–water partition coefficient (Wildman–Crippen LogP) is 5.22. The Morgan fingerprint density at radius 3 is 2.72 bits per heavy atom. The van der Waals surface area contributed by atoms with Gasteiger partial charge < -0.3 is 5.73 Å². The lowest BCUT2D eigenvalue weighted by atomic mass is 9.98. The van der Waals surface area contributed by atoms with Crippen molar-refractivity contribution in [3.63, 3.8) is 0 Å². The van der Waals surface area contributed by atoms with E-state index in [4.69, 9.17) is 10.7 Å². The van der Waals surface area contributed by atoms with Crippen molar-refractivity contribution in [1.29, 1.82) is 0 Å². The van der Waals surface area contributed by atoms with Crippen LogP contribution in [0.25, 0.3) is 22.0 Å². The molecule has 2 N–H and O–H groups in total. The van der Waals surface area contributed by atoms with Crippen molar-refractivity contribution < 1.29 is 0 Å². The van der Waals surface area contributed by atoms with Gasteiger partial charge in [-0.2, -0.15) is 0 Å². The molecule has 1 unspecified atom stereocenters. The van der Waals surface area contributed by atoms with Gasteiger partial charge in [-0.3, -0.25) is 9.97 Å². The van der Waals surface area contributed by atoms with Crippen LogP contribution in [0, 0.1) is 5.92 Å². The van der Waals surface area contributed by atoms with Crippen molar-refractivity contribution in [2.75, 3.05) is 0 Å². The number of hydrogen-bond donors (Lipinski definition) is 1. The standard InChI is InChI=1S/C22H25N3/c1-14(2)12-19(23)20-9-8-16-4-3-5-18(22(16)25-20)17-10-11-24-21(13-17)15-6-7-15/h3-5,8-11,13-15,19H,6-7,12,23H2,1-2H3. The molecule has 1 aliphatic rings. The molecular weight excluding hydrogens is 306 g/mol. The third-order valence-electron chi connectivity index (χ3n) is 4.93. The fraction of sp³-hybridized carbons (Fsp3) is 0.364.